The van der Waals surface area contributed by atoms with Gasteiger partial charge >= 0.3 is 0 Å². The summed E-state index contributed by atoms with van der Waals surface area (Å²) in [6.07, 6.45) is 3.03. The number of benzene rings is 4. The van der Waals surface area contributed by atoms with Crippen molar-refractivity contribution in [2.24, 2.45) is 0 Å². The maximum Gasteiger partial charge on any atom is 0.124 e. The Hall–Kier alpha value is -3.38. The summed E-state index contributed by atoms with van der Waals surface area (Å²) in [7, 11) is 0. The van der Waals surface area contributed by atoms with Gasteiger partial charge in [-0.1, -0.05) is 73.7 Å². The lowest BCUT2D eigenvalue weighted by Crippen LogP contribution is -2.40. The van der Waals surface area contributed by atoms with E-state index in [0.717, 1.165) is 56.0 Å². The Bertz CT molecular complexity index is 1320. The fourth-order valence-electron chi connectivity index (χ4n) is 5.24. The molecule has 1 fully saturated rings. The van der Waals surface area contributed by atoms with Gasteiger partial charge in [0.15, 0.2) is 0 Å². The highest BCUT2D eigenvalue weighted by atomic mass is 16.5. The average molecular weight is 540 g/mol. The van der Waals surface area contributed by atoms with Crippen LogP contribution in [0.1, 0.15) is 48.8 Å². The van der Waals surface area contributed by atoms with E-state index >= 15 is 0 Å². The molecule has 40 heavy (non-hydrogen) atoms. The molecular formula is C35H41NO4. The van der Waals surface area contributed by atoms with Crippen molar-refractivity contribution in [1.29, 1.82) is 0 Å². The SMILES string of the molecule is CCCOc1ccccc1COCCCOc1ccc(C2CCNCC2OCc2ccc3ccccc3c2)cc1. The smallest absolute Gasteiger partial charge is 0.124 e. The number of piperidine rings is 1. The quantitative estimate of drug-likeness (QED) is 0.171. The van der Waals surface area contributed by atoms with E-state index in [1.54, 1.807) is 0 Å². The zero-order valence-corrected chi connectivity index (χ0v) is 23.5. The van der Waals surface area contributed by atoms with E-state index in [1.165, 1.54) is 21.9 Å². The van der Waals surface area contributed by atoms with Crippen molar-refractivity contribution in [1.82, 2.24) is 5.32 Å². The minimum Gasteiger partial charge on any atom is -0.494 e. The average Bonchev–Trinajstić information content (AvgIpc) is 3.01. The number of rotatable bonds is 14. The molecule has 0 aromatic heterocycles. The van der Waals surface area contributed by atoms with Crippen LogP contribution in [0, 0.1) is 0 Å². The molecule has 210 valence electrons. The molecule has 5 nitrogen and oxygen atoms in total. The molecule has 0 spiro atoms. The van der Waals surface area contributed by atoms with Gasteiger partial charge in [-0.2, -0.15) is 0 Å². The van der Waals surface area contributed by atoms with Crippen LogP contribution in [0.4, 0.5) is 0 Å². The zero-order chi connectivity index (χ0) is 27.4. The van der Waals surface area contributed by atoms with Crippen molar-refractivity contribution in [3.8, 4) is 11.5 Å². The lowest BCUT2D eigenvalue weighted by atomic mass is 9.87. The highest BCUT2D eigenvalue weighted by molar-refractivity contribution is 5.82. The van der Waals surface area contributed by atoms with Crippen LogP contribution < -0.4 is 14.8 Å². The van der Waals surface area contributed by atoms with Crippen LogP contribution in [0.2, 0.25) is 0 Å². The number of para-hydroxylation sites is 1. The van der Waals surface area contributed by atoms with Gasteiger partial charge in [-0.05, 0) is 65.6 Å². The summed E-state index contributed by atoms with van der Waals surface area (Å²) in [5, 5.41) is 6.03. The third kappa shape index (κ3) is 7.85. The van der Waals surface area contributed by atoms with Crippen LogP contribution in [0.5, 0.6) is 11.5 Å². The molecule has 0 saturated carbocycles. The summed E-state index contributed by atoms with van der Waals surface area (Å²) in [5.74, 6) is 2.17. The largest absolute Gasteiger partial charge is 0.494 e. The predicted molar refractivity (Wildman–Crippen MR) is 161 cm³/mol. The number of ether oxygens (including phenoxy) is 4. The predicted octanol–water partition coefficient (Wildman–Crippen LogP) is 7.28. The molecule has 0 aliphatic carbocycles. The topological polar surface area (TPSA) is 49.0 Å². The molecule has 2 atom stereocenters. The number of fused-ring (bicyclic) bond motifs is 1. The van der Waals surface area contributed by atoms with Gasteiger partial charge < -0.3 is 24.3 Å². The molecule has 1 aliphatic heterocycles. The number of hydrogen-bond acceptors (Lipinski definition) is 5. The molecule has 4 aromatic carbocycles. The van der Waals surface area contributed by atoms with Crippen LogP contribution in [0.15, 0.2) is 91.0 Å². The summed E-state index contributed by atoms with van der Waals surface area (Å²) >= 11 is 0. The number of hydrogen-bond donors (Lipinski definition) is 1. The van der Waals surface area contributed by atoms with Gasteiger partial charge in [0.25, 0.3) is 0 Å². The van der Waals surface area contributed by atoms with Gasteiger partial charge in [-0.3, -0.25) is 0 Å². The van der Waals surface area contributed by atoms with Crippen molar-refractivity contribution in [3.05, 3.63) is 108 Å². The summed E-state index contributed by atoms with van der Waals surface area (Å²) in [6, 6.07) is 31.7. The first kappa shape index (κ1) is 28.2. The Labute approximate surface area is 238 Å². The van der Waals surface area contributed by atoms with Gasteiger partial charge in [-0.15, -0.1) is 0 Å². The normalized spacial score (nSPS) is 17.1. The third-order valence-electron chi connectivity index (χ3n) is 7.41. The minimum absolute atomic E-state index is 0.140. The second-order valence-corrected chi connectivity index (χ2v) is 10.4. The van der Waals surface area contributed by atoms with E-state index < -0.39 is 0 Å². The first-order valence-electron chi connectivity index (χ1n) is 14.6. The summed E-state index contributed by atoms with van der Waals surface area (Å²) < 4.78 is 24.2. The van der Waals surface area contributed by atoms with Gasteiger partial charge in [0.2, 0.25) is 0 Å². The van der Waals surface area contributed by atoms with Gasteiger partial charge in [0.1, 0.15) is 11.5 Å². The highest BCUT2D eigenvalue weighted by Crippen LogP contribution is 2.30. The third-order valence-corrected chi connectivity index (χ3v) is 7.41. The standard InChI is InChI=1S/C35H41NO4/c1-2-20-39-34-11-6-5-10-31(34)26-37-21-7-22-38-32-16-14-29(15-17-32)33-18-19-36-24-35(33)40-25-27-12-13-28-8-3-4-9-30(28)23-27/h3-6,8-17,23,33,35-36H,2,7,18-22,24-26H2,1H3. The minimum atomic E-state index is 0.140. The summed E-state index contributed by atoms with van der Waals surface area (Å²) in [4.78, 5) is 0. The van der Waals surface area contributed by atoms with Crippen LogP contribution in [0.25, 0.3) is 10.8 Å². The van der Waals surface area contributed by atoms with E-state index in [2.05, 4.69) is 85.0 Å². The lowest BCUT2D eigenvalue weighted by Gasteiger charge is -2.32. The Morgan fingerprint density at radius 1 is 0.775 bits per heavy atom. The Morgan fingerprint density at radius 2 is 1.60 bits per heavy atom. The van der Waals surface area contributed by atoms with Gasteiger partial charge in [0.05, 0.1) is 39.1 Å². The van der Waals surface area contributed by atoms with Crippen LogP contribution >= 0.6 is 0 Å². The maximum atomic E-state index is 6.46. The van der Waals surface area contributed by atoms with Crippen LogP contribution in [-0.4, -0.2) is 39.0 Å². The molecule has 5 heteroatoms. The van der Waals surface area contributed by atoms with Crippen molar-refractivity contribution < 1.29 is 18.9 Å². The van der Waals surface area contributed by atoms with E-state index in [9.17, 15) is 0 Å². The summed E-state index contributed by atoms with van der Waals surface area (Å²) in [5.41, 5.74) is 3.61. The molecule has 1 saturated heterocycles. The van der Waals surface area contributed by atoms with Crippen molar-refractivity contribution in [2.75, 3.05) is 32.9 Å². The molecule has 5 rings (SSSR count). The monoisotopic (exact) mass is 539 g/mol. The second-order valence-electron chi connectivity index (χ2n) is 10.4. The Balaban J connectivity index is 1.06. The fourth-order valence-corrected chi connectivity index (χ4v) is 5.24. The maximum absolute atomic E-state index is 6.46. The van der Waals surface area contributed by atoms with E-state index in [-0.39, 0.29) is 6.10 Å². The van der Waals surface area contributed by atoms with Gasteiger partial charge in [-0.25, -0.2) is 0 Å². The Morgan fingerprint density at radius 3 is 2.48 bits per heavy atom. The molecule has 0 radical (unpaired) electrons. The molecule has 0 bridgehead atoms. The zero-order valence-electron chi connectivity index (χ0n) is 23.5. The van der Waals surface area contributed by atoms with Crippen molar-refractivity contribution >= 4 is 10.8 Å². The molecule has 1 aliphatic rings. The number of nitrogens with one attached hydrogen (secondary N) is 1. The van der Waals surface area contributed by atoms with E-state index in [0.29, 0.717) is 32.3 Å². The van der Waals surface area contributed by atoms with Crippen molar-refractivity contribution in [3.63, 3.8) is 0 Å². The molecule has 4 aromatic rings. The first-order chi connectivity index (χ1) is 19.8. The van der Waals surface area contributed by atoms with Crippen molar-refractivity contribution in [2.45, 2.75) is 51.4 Å². The molecule has 0 amide bonds. The fraction of sp³-hybridized carbons (Fsp3) is 0.371. The van der Waals surface area contributed by atoms with Crippen LogP contribution in [0.3, 0.4) is 0 Å². The van der Waals surface area contributed by atoms with E-state index in [4.69, 9.17) is 18.9 Å². The van der Waals surface area contributed by atoms with Gasteiger partial charge in [0, 0.05) is 24.4 Å². The highest BCUT2D eigenvalue weighted by Gasteiger charge is 2.27. The molecule has 2 unspecified atom stereocenters. The van der Waals surface area contributed by atoms with E-state index in [1.807, 2.05) is 18.2 Å². The molecule has 1 heterocycles. The summed E-state index contributed by atoms with van der Waals surface area (Å²) in [6.45, 7) is 7.15. The lowest BCUT2D eigenvalue weighted by molar-refractivity contribution is 0.0106. The molecular weight excluding hydrogens is 498 g/mol. The van der Waals surface area contributed by atoms with Crippen LogP contribution in [-0.2, 0) is 22.7 Å². The Kier molecular flexibility index (Phi) is 10.5. The first-order valence-corrected chi connectivity index (χ1v) is 14.6. The second kappa shape index (κ2) is 14.8. The molecule has 1 N–H and O–H groups in total.